The second kappa shape index (κ2) is 8.98. The molecule has 0 unspecified atom stereocenters. The van der Waals surface area contributed by atoms with E-state index in [1.54, 1.807) is 0 Å². The van der Waals surface area contributed by atoms with E-state index < -0.39 is 11.7 Å². The van der Waals surface area contributed by atoms with Crippen LogP contribution in [0.4, 0.5) is 13.2 Å². The van der Waals surface area contributed by atoms with Crippen LogP contribution in [-0.4, -0.2) is 18.0 Å². The molecule has 0 aliphatic carbocycles. The molecule has 3 aromatic rings. The SMILES string of the molecule is C=CCN1CCc2cc(OCc3ccccc3)c(-c3ccc(C(F)(F)F)cc3)cc2C1. The lowest BCUT2D eigenvalue weighted by atomic mass is 9.93. The highest BCUT2D eigenvalue weighted by molar-refractivity contribution is 5.72. The van der Waals surface area contributed by atoms with E-state index in [9.17, 15) is 13.2 Å². The van der Waals surface area contributed by atoms with Crippen LogP contribution in [0.2, 0.25) is 0 Å². The van der Waals surface area contributed by atoms with Gasteiger partial charge < -0.3 is 4.74 Å². The number of alkyl halides is 3. The van der Waals surface area contributed by atoms with Gasteiger partial charge in [0.25, 0.3) is 0 Å². The summed E-state index contributed by atoms with van der Waals surface area (Å²) >= 11 is 0. The van der Waals surface area contributed by atoms with E-state index in [0.717, 1.165) is 49.3 Å². The van der Waals surface area contributed by atoms with Crippen LogP contribution in [0.5, 0.6) is 5.75 Å². The molecule has 0 fully saturated rings. The zero-order valence-corrected chi connectivity index (χ0v) is 17.2. The Morgan fingerprint density at radius 1 is 0.968 bits per heavy atom. The zero-order valence-electron chi connectivity index (χ0n) is 17.2. The van der Waals surface area contributed by atoms with Crippen molar-refractivity contribution in [2.75, 3.05) is 13.1 Å². The molecule has 1 aliphatic heterocycles. The molecule has 1 aliphatic rings. The molecule has 0 bridgehead atoms. The molecule has 160 valence electrons. The van der Waals surface area contributed by atoms with Crippen LogP contribution >= 0.6 is 0 Å². The van der Waals surface area contributed by atoms with Gasteiger partial charge in [0.2, 0.25) is 0 Å². The summed E-state index contributed by atoms with van der Waals surface area (Å²) in [6, 6.07) is 19.2. The molecule has 0 saturated heterocycles. The van der Waals surface area contributed by atoms with E-state index in [2.05, 4.69) is 23.6 Å². The summed E-state index contributed by atoms with van der Waals surface area (Å²) in [7, 11) is 0. The second-order valence-corrected chi connectivity index (χ2v) is 7.74. The third-order valence-electron chi connectivity index (χ3n) is 5.54. The molecule has 0 saturated carbocycles. The quantitative estimate of drug-likeness (QED) is 0.420. The summed E-state index contributed by atoms with van der Waals surface area (Å²) in [5, 5.41) is 0. The van der Waals surface area contributed by atoms with Crippen LogP contribution in [-0.2, 0) is 25.7 Å². The zero-order chi connectivity index (χ0) is 21.8. The Labute approximate surface area is 180 Å². The van der Waals surface area contributed by atoms with Crippen LogP contribution in [0.25, 0.3) is 11.1 Å². The Morgan fingerprint density at radius 3 is 2.39 bits per heavy atom. The van der Waals surface area contributed by atoms with E-state index in [0.29, 0.717) is 17.9 Å². The van der Waals surface area contributed by atoms with Crippen LogP contribution in [0, 0.1) is 0 Å². The minimum Gasteiger partial charge on any atom is -0.488 e. The van der Waals surface area contributed by atoms with Crippen molar-refractivity contribution in [3.8, 4) is 16.9 Å². The van der Waals surface area contributed by atoms with Gasteiger partial charge in [-0.3, -0.25) is 4.90 Å². The number of nitrogens with zero attached hydrogens (tertiary/aromatic N) is 1. The predicted octanol–water partition coefficient (Wildman–Crippen LogP) is 6.50. The summed E-state index contributed by atoms with van der Waals surface area (Å²) in [5.74, 6) is 0.694. The molecule has 0 aromatic heterocycles. The molecule has 0 N–H and O–H groups in total. The van der Waals surface area contributed by atoms with Crippen LogP contribution in [0.3, 0.4) is 0 Å². The van der Waals surface area contributed by atoms with Gasteiger partial charge in [-0.15, -0.1) is 6.58 Å². The number of hydrogen-bond donors (Lipinski definition) is 0. The highest BCUT2D eigenvalue weighted by Gasteiger charge is 2.30. The average molecular weight is 423 g/mol. The molecule has 5 heteroatoms. The Hall–Kier alpha value is -3.05. The molecule has 0 radical (unpaired) electrons. The normalized spacial score (nSPS) is 14.2. The van der Waals surface area contributed by atoms with E-state index in [1.807, 2.05) is 36.4 Å². The Morgan fingerprint density at radius 2 is 1.71 bits per heavy atom. The van der Waals surface area contributed by atoms with Crippen molar-refractivity contribution >= 4 is 0 Å². The second-order valence-electron chi connectivity index (χ2n) is 7.74. The molecule has 0 amide bonds. The van der Waals surface area contributed by atoms with E-state index in [1.165, 1.54) is 23.3 Å². The van der Waals surface area contributed by atoms with Gasteiger partial charge in [0.05, 0.1) is 5.56 Å². The van der Waals surface area contributed by atoms with Crippen molar-refractivity contribution in [1.82, 2.24) is 4.90 Å². The monoisotopic (exact) mass is 423 g/mol. The predicted molar refractivity (Wildman–Crippen MR) is 117 cm³/mol. The van der Waals surface area contributed by atoms with Crippen molar-refractivity contribution in [2.45, 2.75) is 25.7 Å². The molecular formula is C26H24F3NO. The fraction of sp³-hybridized carbons (Fsp3) is 0.231. The number of benzene rings is 3. The van der Waals surface area contributed by atoms with Crippen LogP contribution in [0.1, 0.15) is 22.3 Å². The molecule has 4 rings (SSSR count). The van der Waals surface area contributed by atoms with Crippen molar-refractivity contribution in [3.63, 3.8) is 0 Å². The Bertz CT molecular complexity index is 1040. The molecular weight excluding hydrogens is 399 g/mol. The minimum atomic E-state index is -4.35. The fourth-order valence-electron chi connectivity index (χ4n) is 3.90. The van der Waals surface area contributed by atoms with E-state index in [4.69, 9.17) is 4.74 Å². The van der Waals surface area contributed by atoms with Gasteiger partial charge in [-0.05, 0) is 52.9 Å². The van der Waals surface area contributed by atoms with Gasteiger partial charge in [-0.2, -0.15) is 13.2 Å². The lowest BCUT2D eigenvalue weighted by Crippen LogP contribution is -2.30. The van der Waals surface area contributed by atoms with Gasteiger partial charge in [0.1, 0.15) is 12.4 Å². The van der Waals surface area contributed by atoms with Gasteiger partial charge in [0.15, 0.2) is 0 Å². The maximum atomic E-state index is 13.0. The highest BCUT2D eigenvalue weighted by Crippen LogP contribution is 2.37. The van der Waals surface area contributed by atoms with E-state index in [-0.39, 0.29) is 0 Å². The van der Waals surface area contributed by atoms with Gasteiger partial charge in [0, 0.05) is 25.2 Å². The molecule has 3 aromatic carbocycles. The summed E-state index contributed by atoms with van der Waals surface area (Å²) < 4.78 is 45.2. The topological polar surface area (TPSA) is 12.5 Å². The number of fused-ring (bicyclic) bond motifs is 1. The molecule has 2 nitrogen and oxygen atoms in total. The summed E-state index contributed by atoms with van der Waals surface area (Å²) in [6.07, 6.45) is -1.57. The largest absolute Gasteiger partial charge is 0.488 e. The molecule has 1 heterocycles. The fourth-order valence-corrected chi connectivity index (χ4v) is 3.90. The van der Waals surface area contributed by atoms with Crippen LogP contribution < -0.4 is 4.74 Å². The van der Waals surface area contributed by atoms with Crippen molar-refractivity contribution in [3.05, 3.63) is 102 Å². The maximum Gasteiger partial charge on any atom is 0.416 e. The first-order valence-corrected chi connectivity index (χ1v) is 10.3. The first kappa shape index (κ1) is 21.2. The van der Waals surface area contributed by atoms with Gasteiger partial charge >= 0.3 is 6.18 Å². The van der Waals surface area contributed by atoms with Crippen molar-refractivity contribution in [2.24, 2.45) is 0 Å². The molecule has 0 spiro atoms. The Balaban J connectivity index is 1.69. The summed E-state index contributed by atoms with van der Waals surface area (Å²) in [5.41, 5.74) is 4.30. The number of hydrogen-bond acceptors (Lipinski definition) is 2. The third kappa shape index (κ3) is 5.00. The minimum absolute atomic E-state index is 0.399. The summed E-state index contributed by atoms with van der Waals surface area (Å²) in [4.78, 5) is 2.30. The first-order valence-electron chi connectivity index (χ1n) is 10.3. The average Bonchev–Trinajstić information content (AvgIpc) is 2.77. The van der Waals surface area contributed by atoms with Gasteiger partial charge in [-0.1, -0.05) is 48.5 Å². The van der Waals surface area contributed by atoms with Crippen molar-refractivity contribution < 1.29 is 17.9 Å². The smallest absolute Gasteiger partial charge is 0.416 e. The Kier molecular flexibility index (Phi) is 6.14. The lowest BCUT2D eigenvalue weighted by molar-refractivity contribution is -0.137. The van der Waals surface area contributed by atoms with Crippen LogP contribution in [0.15, 0.2) is 79.4 Å². The standard InChI is InChI=1S/C26H24F3NO/c1-2-13-30-14-12-21-16-25(31-18-19-6-4-3-5-7-19)24(15-22(21)17-30)20-8-10-23(11-9-20)26(27,28)29/h2-11,15-16H,1,12-14,17-18H2. The third-order valence-corrected chi connectivity index (χ3v) is 5.54. The first-order chi connectivity index (χ1) is 14.9. The highest BCUT2D eigenvalue weighted by atomic mass is 19.4. The molecule has 31 heavy (non-hydrogen) atoms. The van der Waals surface area contributed by atoms with Crippen molar-refractivity contribution in [1.29, 1.82) is 0 Å². The number of ether oxygens (including phenoxy) is 1. The van der Waals surface area contributed by atoms with E-state index >= 15 is 0 Å². The lowest BCUT2D eigenvalue weighted by Gasteiger charge is -2.29. The number of rotatable bonds is 6. The summed E-state index contributed by atoms with van der Waals surface area (Å²) in [6.45, 7) is 6.75. The maximum absolute atomic E-state index is 13.0. The number of halogens is 3. The van der Waals surface area contributed by atoms with Gasteiger partial charge in [-0.25, -0.2) is 0 Å². The molecule has 0 atom stereocenters.